The molecule has 0 unspecified atom stereocenters. The maximum Gasteiger partial charge on any atom is 0.0490 e. The van der Waals surface area contributed by atoms with Crippen LogP contribution in [-0.2, 0) is 6.54 Å². The molecule has 0 atom stereocenters. The second-order valence-corrected chi connectivity index (χ2v) is 6.25. The number of hydrogen-bond acceptors (Lipinski definition) is 1. The Morgan fingerprint density at radius 1 is 1.05 bits per heavy atom. The summed E-state index contributed by atoms with van der Waals surface area (Å²) in [5.74, 6) is 0. The molecule has 2 aromatic carbocycles. The fraction of sp³-hybridized carbons (Fsp3) is 0.0588. The highest BCUT2D eigenvalue weighted by molar-refractivity contribution is 7.17. The lowest BCUT2D eigenvalue weighted by Gasteiger charge is -2.05. The molecule has 0 amide bonds. The van der Waals surface area contributed by atoms with E-state index in [0.717, 1.165) is 11.6 Å². The van der Waals surface area contributed by atoms with Gasteiger partial charge in [-0.25, -0.2) is 0 Å². The fourth-order valence-electron chi connectivity index (χ4n) is 2.65. The highest BCUT2D eigenvalue weighted by atomic mass is 35.5. The molecule has 4 rings (SSSR count). The molecule has 2 heterocycles. The quantitative estimate of drug-likeness (QED) is 0.456. The van der Waals surface area contributed by atoms with E-state index in [0.29, 0.717) is 0 Å². The zero-order valence-corrected chi connectivity index (χ0v) is 12.3. The van der Waals surface area contributed by atoms with Crippen LogP contribution in [0.3, 0.4) is 0 Å². The summed E-state index contributed by atoms with van der Waals surface area (Å²) in [4.78, 5) is 0. The summed E-state index contributed by atoms with van der Waals surface area (Å²) in [6.45, 7) is 0.898. The third-order valence-corrected chi connectivity index (χ3v) is 4.88. The molecule has 0 aliphatic carbocycles. The van der Waals surface area contributed by atoms with Crippen molar-refractivity contribution < 1.29 is 0 Å². The van der Waals surface area contributed by atoms with Gasteiger partial charge in [-0.2, -0.15) is 0 Å². The lowest BCUT2D eigenvalue weighted by molar-refractivity contribution is 0.846. The molecule has 0 fully saturated rings. The van der Waals surface area contributed by atoms with Crippen LogP contribution in [0.1, 0.15) is 5.56 Å². The van der Waals surface area contributed by atoms with Crippen LogP contribution < -0.4 is 0 Å². The van der Waals surface area contributed by atoms with Crippen LogP contribution in [0.2, 0.25) is 5.02 Å². The normalized spacial score (nSPS) is 11.4. The van der Waals surface area contributed by atoms with Gasteiger partial charge in [0.05, 0.1) is 0 Å². The monoisotopic (exact) mass is 297 g/mol. The summed E-state index contributed by atoms with van der Waals surface area (Å²) in [6.07, 6.45) is 2.13. The van der Waals surface area contributed by atoms with Crippen molar-refractivity contribution in [1.82, 2.24) is 4.57 Å². The number of thiophene rings is 1. The smallest absolute Gasteiger partial charge is 0.0490 e. The van der Waals surface area contributed by atoms with Crippen molar-refractivity contribution >= 4 is 43.9 Å². The summed E-state index contributed by atoms with van der Waals surface area (Å²) in [7, 11) is 0. The standard InChI is InChI=1S/C17H12ClNS/c18-14-5-6-16-12(9-14)7-8-19(16)10-13-11-20-17-4-2-1-3-15(13)17/h1-9,11H,10H2. The van der Waals surface area contributed by atoms with E-state index in [-0.39, 0.29) is 0 Å². The van der Waals surface area contributed by atoms with Gasteiger partial charge in [0.2, 0.25) is 0 Å². The Bertz CT molecular complexity index is 904. The second-order valence-electron chi connectivity index (χ2n) is 4.90. The first-order valence-electron chi connectivity index (χ1n) is 6.51. The van der Waals surface area contributed by atoms with E-state index in [1.54, 1.807) is 0 Å². The number of nitrogens with zero attached hydrogens (tertiary/aromatic N) is 1. The molecule has 2 aromatic heterocycles. The van der Waals surface area contributed by atoms with Crippen molar-refractivity contribution in [3.8, 4) is 0 Å². The molecular weight excluding hydrogens is 286 g/mol. The summed E-state index contributed by atoms with van der Waals surface area (Å²) in [6, 6.07) is 16.7. The third kappa shape index (κ3) is 1.92. The van der Waals surface area contributed by atoms with E-state index in [1.807, 2.05) is 23.5 Å². The number of halogens is 1. The molecule has 0 saturated heterocycles. The van der Waals surface area contributed by atoms with Crippen LogP contribution in [-0.4, -0.2) is 4.57 Å². The van der Waals surface area contributed by atoms with Crippen LogP contribution in [0.15, 0.2) is 60.1 Å². The van der Waals surface area contributed by atoms with Gasteiger partial charge >= 0.3 is 0 Å². The Morgan fingerprint density at radius 3 is 2.90 bits per heavy atom. The van der Waals surface area contributed by atoms with Crippen LogP contribution in [0.4, 0.5) is 0 Å². The van der Waals surface area contributed by atoms with Crippen molar-refractivity contribution in [2.45, 2.75) is 6.54 Å². The van der Waals surface area contributed by atoms with Crippen LogP contribution in [0.5, 0.6) is 0 Å². The van der Waals surface area contributed by atoms with Crippen LogP contribution in [0, 0.1) is 0 Å². The maximum absolute atomic E-state index is 6.04. The average molecular weight is 298 g/mol. The Labute approximate surface area is 126 Å². The lowest BCUT2D eigenvalue weighted by Crippen LogP contribution is -1.96. The summed E-state index contributed by atoms with van der Waals surface area (Å²) in [5, 5.41) is 5.59. The summed E-state index contributed by atoms with van der Waals surface area (Å²) < 4.78 is 3.63. The first-order valence-corrected chi connectivity index (χ1v) is 7.76. The van der Waals surface area contributed by atoms with Gasteiger partial charge in [0.1, 0.15) is 0 Å². The Morgan fingerprint density at radius 2 is 1.95 bits per heavy atom. The Hall–Kier alpha value is -1.77. The van der Waals surface area contributed by atoms with E-state index in [4.69, 9.17) is 11.6 Å². The van der Waals surface area contributed by atoms with Crippen molar-refractivity contribution in [3.63, 3.8) is 0 Å². The minimum atomic E-state index is 0.788. The Balaban J connectivity index is 1.81. The molecule has 98 valence electrons. The molecule has 20 heavy (non-hydrogen) atoms. The van der Waals surface area contributed by atoms with Gasteiger partial charge in [0.15, 0.2) is 0 Å². The molecule has 0 N–H and O–H groups in total. The molecule has 0 aliphatic rings. The highest BCUT2D eigenvalue weighted by Gasteiger charge is 2.06. The zero-order valence-electron chi connectivity index (χ0n) is 10.7. The molecular formula is C17H12ClNS. The van der Waals surface area contributed by atoms with E-state index >= 15 is 0 Å². The van der Waals surface area contributed by atoms with Crippen LogP contribution in [0.25, 0.3) is 21.0 Å². The van der Waals surface area contributed by atoms with Gasteiger partial charge in [0.25, 0.3) is 0 Å². The molecule has 0 saturated carbocycles. The number of hydrogen-bond donors (Lipinski definition) is 0. The highest BCUT2D eigenvalue weighted by Crippen LogP contribution is 2.28. The van der Waals surface area contributed by atoms with Crippen molar-refractivity contribution in [2.75, 3.05) is 0 Å². The molecule has 0 bridgehead atoms. The van der Waals surface area contributed by atoms with E-state index in [9.17, 15) is 0 Å². The van der Waals surface area contributed by atoms with E-state index in [2.05, 4.69) is 52.5 Å². The summed E-state index contributed by atoms with van der Waals surface area (Å²) >= 11 is 7.85. The molecule has 0 spiro atoms. The van der Waals surface area contributed by atoms with E-state index in [1.165, 1.54) is 26.6 Å². The summed E-state index contributed by atoms with van der Waals surface area (Å²) in [5.41, 5.74) is 2.60. The lowest BCUT2D eigenvalue weighted by atomic mass is 10.2. The van der Waals surface area contributed by atoms with Crippen molar-refractivity contribution in [2.24, 2.45) is 0 Å². The minimum Gasteiger partial charge on any atom is -0.343 e. The number of rotatable bonds is 2. The first-order chi connectivity index (χ1) is 9.81. The maximum atomic E-state index is 6.04. The largest absolute Gasteiger partial charge is 0.343 e. The topological polar surface area (TPSA) is 4.93 Å². The van der Waals surface area contributed by atoms with E-state index < -0.39 is 0 Å². The molecule has 0 radical (unpaired) electrons. The molecule has 0 aliphatic heterocycles. The fourth-order valence-corrected chi connectivity index (χ4v) is 3.78. The number of aromatic nitrogens is 1. The zero-order chi connectivity index (χ0) is 13.5. The van der Waals surface area contributed by atoms with Gasteiger partial charge in [-0.3, -0.25) is 0 Å². The predicted molar refractivity (Wildman–Crippen MR) is 87.9 cm³/mol. The van der Waals surface area contributed by atoms with Crippen LogP contribution >= 0.6 is 22.9 Å². The first kappa shape index (κ1) is 12.0. The van der Waals surface area contributed by atoms with Gasteiger partial charge in [-0.1, -0.05) is 29.8 Å². The van der Waals surface area contributed by atoms with Gasteiger partial charge in [-0.15, -0.1) is 11.3 Å². The number of fused-ring (bicyclic) bond motifs is 2. The van der Waals surface area contributed by atoms with Crippen molar-refractivity contribution in [1.29, 1.82) is 0 Å². The van der Waals surface area contributed by atoms with Crippen molar-refractivity contribution in [3.05, 3.63) is 70.7 Å². The average Bonchev–Trinajstić information content (AvgIpc) is 3.04. The second kappa shape index (κ2) is 4.65. The Kier molecular flexibility index (Phi) is 2.79. The molecule has 1 nitrogen and oxygen atoms in total. The minimum absolute atomic E-state index is 0.788. The van der Waals surface area contributed by atoms with Gasteiger partial charge in [-0.05, 0) is 46.7 Å². The molecule has 4 aromatic rings. The third-order valence-electron chi connectivity index (χ3n) is 3.63. The van der Waals surface area contributed by atoms with Gasteiger partial charge < -0.3 is 4.57 Å². The SMILES string of the molecule is Clc1ccc2c(ccn2Cc2csc3ccccc23)c1. The van der Waals surface area contributed by atoms with Gasteiger partial charge in [0, 0.05) is 33.4 Å². The predicted octanol–water partition coefficient (Wildman–Crippen LogP) is 5.56. The molecule has 3 heteroatoms. The number of benzene rings is 2.